The number of nitrogens with zero attached hydrogens (tertiary/aromatic N) is 1. The lowest BCUT2D eigenvalue weighted by Crippen LogP contribution is -2.15. The van der Waals surface area contributed by atoms with Crippen molar-refractivity contribution in [3.63, 3.8) is 0 Å². The van der Waals surface area contributed by atoms with Crippen molar-refractivity contribution in [3.8, 4) is 0 Å². The molecule has 4 nitrogen and oxygen atoms in total. The number of aromatic nitrogens is 1. The van der Waals surface area contributed by atoms with Gasteiger partial charge in [-0.2, -0.15) is 0 Å². The van der Waals surface area contributed by atoms with E-state index in [0.717, 1.165) is 15.9 Å². The highest BCUT2D eigenvalue weighted by Gasteiger charge is 2.07. The van der Waals surface area contributed by atoms with Crippen LogP contribution in [0.4, 0.5) is 11.4 Å². The Bertz CT molecular complexity index is 483. The molecular formula is C11H15N3OS. The second-order valence-corrected chi connectivity index (χ2v) is 4.78. The first-order valence-corrected chi connectivity index (χ1v) is 6.06. The van der Waals surface area contributed by atoms with E-state index in [1.165, 1.54) is 0 Å². The zero-order valence-electron chi connectivity index (χ0n) is 9.10. The zero-order chi connectivity index (χ0) is 11.5. The Morgan fingerprint density at radius 2 is 2.38 bits per heavy atom. The first-order valence-electron chi connectivity index (χ1n) is 5.18. The lowest BCUT2D eigenvalue weighted by molar-refractivity contribution is 0.244. The van der Waals surface area contributed by atoms with Crippen LogP contribution in [0.2, 0.25) is 0 Å². The molecule has 0 saturated heterocycles. The van der Waals surface area contributed by atoms with Crippen molar-refractivity contribution < 1.29 is 5.11 Å². The van der Waals surface area contributed by atoms with Gasteiger partial charge in [0.1, 0.15) is 5.52 Å². The fraction of sp³-hybridized carbons (Fsp3) is 0.364. The van der Waals surface area contributed by atoms with Crippen molar-refractivity contribution in [1.29, 1.82) is 0 Å². The minimum atomic E-state index is 0.172. The molecule has 1 atom stereocenters. The molecule has 0 radical (unpaired) electrons. The number of benzene rings is 1. The van der Waals surface area contributed by atoms with Gasteiger partial charge in [0, 0.05) is 13.2 Å². The van der Waals surface area contributed by atoms with Crippen molar-refractivity contribution in [2.75, 3.05) is 24.2 Å². The highest BCUT2D eigenvalue weighted by Crippen LogP contribution is 2.29. The van der Waals surface area contributed by atoms with Crippen LogP contribution in [-0.4, -0.2) is 23.2 Å². The van der Waals surface area contributed by atoms with Gasteiger partial charge in [0.25, 0.3) is 0 Å². The average Bonchev–Trinajstić information content (AvgIpc) is 2.76. The summed E-state index contributed by atoms with van der Waals surface area (Å²) in [5, 5.41) is 12.2. The number of hydrogen-bond acceptors (Lipinski definition) is 5. The third kappa shape index (κ3) is 2.10. The van der Waals surface area contributed by atoms with Crippen LogP contribution in [0, 0.1) is 5.92 Å². The van der Waals surface area contributed by atoms with E-state index < -0.39 is 0 Å². The molecule has 0 aliphatic carbocycles. The van der Waals surface area contributed by atoms with Gasteiger partial charge in [0.15, 0.2) is 0 Å². The van der Waals surface area contributed by atoms with Gasteiger partial charge < -0.3 is 16.2 Å². The highest BCUT2D eigenvalue weighted by atomic mass is 32.1. The second kappa shape index (κ2) is 4.67. The highest BCUT2D eigenvalue weighted by molar-refractivity contribution is 7.16. The second-order valence-electron chi connectivity index (χ2n) is 3.89. The Hall–Kier alpha value is -1.33. The molecule has 1 unspecified atom stereocenters. The molecule has 1 aromatic carbocycles. The molecule has 0 saturated carbocycles. The van der Waals surface area contributed by atoms with E-state index in [-0.39, 0.29) is 12.5 Å². The zero-order valence-corrected chi connectivity index (χ0v) is 9.92. The van der Waals surface area contributed by atoms with Crippen molar-refractivity contribution in [3.05, 3.63) is 17.6 Å². The predicted molar refractivity (Wildman–Crippen MR) is 68.8 cm³/mol. The molecule has 2 rings (SSSR count). The van der Waals surface area contributed by atoms with Gasteiger partial charge >= 0.3 is 0 Å². The minimum Gasteiger partial charge on any atom is -0.396 e. The summed E-state index contributed by atoms with van der Waals surface area (Å²) in [5.74, 6) is 0.213. The number of hydrogen-bond donors (Lipinski definition) is 3. The number of aliphatic hydroxyl groups is 1. The molecule has 1 heterocycles. The predicted octanol–water partition coefficient (Wildman–Crippen LogP) is 1.92. The molecular weight excluding hydrogens is 222 g/mol. The van der Waals surface area contributed by atoms with E-state index in [1.807, 2.05) is 19.1 Å². The van der Waals surface area contributed by atoms with E-state index >= 15 is 0 Å². The van der Waals surface area contributed by atoms with Crippen LogP contribution in [0.25, 0.3) is 10.2 Å². The van der Waals surface area contributed by atoms with Crippen LogP contribution in [-0.2, 0) is 0 Å². The minimum absolute atomic E-state index is 0.172. The van der Waals surface area contributed by atoms with Crippen LogP contribution >= 0.6 is 11.3 Å². The number of rotatable bonds is 4. The lowest BCUT2D eigenvalue weighted by atomic mass is 10.2. The molecule has 1 aromatic heterocycles. The Balaban J connectivity index is 2.21. The number of aliphatic hydroxyl groups excluding tert-OH is 1. The fourth-order valence-electron chi connectivity index (χ4n) is 1.46. The molecule has 0 amide bonds. The van der Waals surface area contributed by atoms with Crippen LogP contribution in [0.3, 0.4) is 0 Å². The van der Waals surface area contributed by atoms with E-state index in [1.54, 1.807) is 16.8 Å². The van der Waals surface area contributed by atoms with E-state index in [0.29, 0.717) is 12.2 Å². The molecule has 2 aromatic rings. The standard InChI is InChI=1S/C11H15N3OS/c1-7(5-15)4-13-8-2-3-9-11(10(8)12)14-6-16-9/h2-3,6-7,13,15H,4-5,12H2,1H3. The largest absolute Gasteiger partial charge is 0.396 e. The topological polar surface area (TPSA) is 71.2 Å². The molecule has 5 heteroatoms. The van der Waals surface area contributed by atoms with Crippen LogP contribution in [0.15, 0.2) is 17.6 Å². The van der Waals surface area contributed by atoms with Gasteiger partial charge in [-0.3, -0.25) is 0 Å². The molecule has 4 N–H and O–H groups in total. The summed E-state index contributed by atoms with van der Waals surface area (Å²) >= 11 is 1.58. The van der Waals surface area contributed by atoms with Crippen molar-refractivity contribution in [2.24, 2.45) is 5.92 Å². The molecule has 0 aliphatic heterocycles. The summed E-state index contributed by atoms with van der Waals surface area (Å²) in [4.78, 5) is 4.23. The van der Waals surface area contributed by atoms with Crippen molar-refractivity contribution >= 4 is 32.9 Å². The Morgan fingerprint density at radius 3 is 3.12 bits per heavy atom. The van der Waals surface area contributed by atoms with Crippen LogP contribution < -0.4 is 11.1 Å². The monoisotopic (exact) mass is 237 g/mol. The molecule has 16 heavy (non-hydrogen) atoms. The number of nitrogens with one attached hydrogen (secondary N) is 1. The van der Waals surface area contributed by atoms with Gasteiger partial charge in [0.2, 0.25) is 0 Å². The normalized spacial score (nSPS) is 12.9. The summed E-state index contributed by atoms with van der Waals surface area (Å²) in [5.41, 5.74) is 10.2. The maximum Gasteiger partial charge on any atom is 0.106 e. The average molecular weight is 237 g/mol. The quantitative estimate of drug-likeness (QED) is 0.710. The third-order valence-electron chi connectivity index (χ3n) is 2.49. The number of thiazole rings is 1. The van der Waals surface area contributed by atoms with Gasteiger partial charge in [-0.1, -0.05) is 6.92 Å². The van der Waals surface area contributed by atoms with Crippen molar-refractivity contribution in [2.45, 2.75) is 6.92 Å². The molecule has 0 bridgehead atoms. The number of anilines is 2. The molecule has 86 valence electrons. The number of nitrogen functional groups attached to an aromatic ring is 1. The lowest BCUT2D eigenvalue weighted by Gasteiger charge is -2.12. The van der Waals surface area contributed by atoms with Gasteiger partial charge in [0.05, 0.1) is 21.6 Å². The Morgan fingerprint density at radius 1 is 1.56 bits per heavy atom. The summed E-state index contributed by atoms with van der Waals surface area (Å²) < 4.78 is 1.10. The smallest absolute Gasteiger partial charge is 0.106 e. The molecule has 0 aliphatic rings. The van der Waals surface area contributed by atoms with Gasteiger partial charge in [-0.25, -0.2) is 4.98 Å². The van der Waals surface area contributed by atoms with Gasteiger partial charge in [-0.15, -0.1) is 11.3 Å². The summed E-state index contributed by atoms with van der Waals surface area (Å²) in [6, 6.07) is 3.97. The first kappa shape index (κ1) is 11.2. The first-order chi connectivity index (χ1) is 7.72. The SMILES string of the molecule is CC(CO)CNc1ccc2scnc2c1N. The fourth-order valence-corrected chi connectivity index (χ4v) is 2.15. The van der Waals surface area contributed by atoms with Crippen molar-refractivity contribution in [1.82, 2.24) is 4.98 Å². The summed E-state index contributed by atoms with van der Waals surface area (Å²) in [6.45, 7) is 2.85. The number of nitrogens with two attached hydrogens (primary N) is 1. The van der Waals surface area contributed by atoms with Crippen LogP contribution in [0.5, 0.6) is 0 Å². The van der Waals surface area contributed by atoms with Gasteiger partial charge in [-0.05, 0) is 18.1 Å². The summed E-state index contributed by atoms with van der Waals surface area (Å²) in [6.07, 6.45) is 0. The number of fused-ring (bicyclic) bond motifs is 1. The maximum absolute atomic E-state index is 8.94. The van der Waals surface area contributed by atoms with Crippen LogP contribution in [0.1, 0.15) is 6.92 Å². The molecule has 0 fully saturated rings. The Kier molecular flexibility index (Phi) is 3.26. The third-order valence-corrected chi connectivity index (χ3v) is 3.29. The maximum atomic E-state index is 8.94. The van der Waals surface area contributed by atoms with E-state index in [9.17, 15) is 0 Å². The Labute approximate surface area is 98.1 Å². The molecule has 0 spiro atoms. The van der Waals surface area contributed by atoms with E-state index in [4.69, 9.17) is 10.8 Å². The van der Waals surface area contributed by atoms with E-state index in [2.05, 4.69) is 10.3 Å². The summed E-state index contributed by atoms with van der Waals surface area (Å²) in [7, 11) is 0.